The Morgan fingerprint density at radius 1 is 1.08 bits per heavy atom. The fourth-order valence-electron chi connectivity index (χ4n) is 3.11. The molecule has 3 rings (SSSR count). The van der Waals surface area contributed by atoms with Gasteiger partial charge in [-0.3, -0.25) is 4.99 Å². The van der Waals surface area contributed by atoms with Crippen LogP contribution in [0, 0.1) is 12.7 Å². The molecule has 3 heteroatoms. The molecule has 0 atom stereocenters. The third-order valence-corrected chi connectivity index (χ3v) is 4.69. The van der Waals surface area contributed by atoms with Crippen molar-refractivity contribution in [1.29, 1.82) is 0 Å². The molecule has 2 nitrogen and oxygen atoms in total. The van der Waals surface area contributed by atoms with Gasteiger partial charge in [0, 0.05) is 19.3 Å². The first-order valence-electron chi connectivity index (χ1n) is 8.73. The molecule has 0 radical (unpaired) electrons. The number of hydrogen-bond acceptors (Lipinski definition) is 2. The summed E-state index contributed by atoms with van der Waals surface area (Å²) in [6.07, 6.45) is 4.05. The topological polar surface area (TPSA) is 15.6 Å². The van der Waals surface area contributed by atoms with E-state index in [2.05, 4.69) is 35.9 Å². The van der Waals surface area contributed by atoms with Gasteiger partial charge in [0.1, 0.15) is 5.82 Å². The average molecular weight is 324 g/mol. The molecule has 2 aromatic carbocycles. The maximum Gasteiger partial charge on any atom is 0.147 e. The van der Waals surface area contributed by atoms with Crippen molar-refractivity contribution in [2.24, 2.45) is 4.99 Å². The zero-order valence-electron chi connectivity index (χ0n) is 14.7. The lowest BCUT2D eigenvalue weighted by Gasteiger charge is -2.19. The van der Waals surface area contributed by atoms with E-state index in [4.69, 9.17) is 0 Å². The number of rotatable bonds is 4. The molecule has 1 aliphatic rings. The van der Waals surface area contributed by atoms with E-state index >= 15 is 0 Å². The summed E-state index contributed by atoms with van der Waals surface area (Å²) in [5.41, 5.74) is 4.81. The van der Waals surface area contributed by atoms with E-state index in [0.717, 1.165) is 48.4 Å². The van der Waals surface area contributed by atoms with E-state index in [1.165, 1.54) is 5.56 Å². The minimum Gasteiger partial charge on any atom is -0.369 e. The summed E-state index contributed by atoms with van der Waals surface area (Å²) >= 11 is 0. The van der Waals surface area contributed by atoms with Gasteiger partial charge in [0.25, 0.3) is 0 Å². The molecule has 0 aromatic heterocycles. The van der Waals surface area contributed by atoms with Crippen LogP contribution in [0.1, 0.15) is 49.3 Å². The van der Waals surface area contributed by atoms with E-state index in [0.29, 0.717) is 5.92 Å². The van der Waals surface area contributed by atoms with Crippen LogP contribution in [0.15, 0.2) is 41.4 Å². The molecule has 1 heterocycles. The minimum atomic E-state index is -0.154. The van der Waals surface area contributed by atoms with Gasteiger partial charge in [0.05, 0.1) is 11.4 Å². The third-order valence-electron chi connectivity index (χ3n) is 4.69. The van der Waals surface area contributed by atoms with Crippen LogP contribution in [0.3, 0.4) is 0 Å². The van der Waals surface area contributed by atoms with Gasteiger partial charge in [0.15, 0.2) is 0 Å². The van der Waals surface area contributed by atoms with Gasteiger partial charge >= 0.3 is 0 Å². The lowest BCUT2D eigenvalue weighted by molar-refractivity contribution is 0.622. The Kier molecular flexibility index (Phi) is 4.98. The van der Waals surface area contributed by atoms with E-state index in [1.807, 2.05) is 25.1 Å². The highest BCUT2D eigenvalue weighted by Crippen LogP contribution is 2.26. The smallest absolute Gasteiger partial charge is 0.147 e. The third kappa shape index (κ3) is 3.66. The molecule has 126 valence electrons. The summed E-state index contributed by atoms with van der Waals surface area (Å²) in [4.78, 5) is 6.63. The van der Waals surface area contributed by atoms with Gasteiger partial charge < -0.3 is 4.90 Å². The Morgan fingerprint density at radius 2 is 1.75 bits per heavy atom. The molecule has 0 spiro atoms. The average Bonchev–Trinajstić information content (AvgIpc) is 3.10. The van der Waals surface area contributed by atoms with Crippen LogP contribution in [0.4, 0.5) is 15.8 Å². The molecule has 0 amide bonds. The molecule has 1 fully saturated rings. The maximum atomic E-state index is 14.4. The number of aryl methyl sites for hydroxylation is 1. The summed E-state index contributed by atoms with van der Waals surface area (Å²) < 4.78 is 14.4. The summed E-state index contributed by atoms with van der Waals surface area (Å²) in [5, 5.41) is 0. The van der Waals surface area contributed by atoms with Gasteiger partial charge in [-0.25, -0.2) is 4.39 Å². The molecule has 24 heavy (non-hydrogen) atoms. The Balaban J connectivity index is 1.80. The largest absolute Gasteiger partial charge is 0.369 e. The highest BCUT2D eigenvalue weighted by Gasteiger charge is 2.17. The monoisotopic (exact) mass is 324 g/mol. The zero-order valence-corrected chi connectivity index (χ0v) is 14.7. The summed E-state index contributed by atoms with van der Waals surface area (Å²) in [6.45, 7) is 8.26. The van der Waals surface area contributed by atoms with Crippen molar-refractivity contribution in [3.05, 3.63) is 58.9 Å². The molecular formula is C21H25FN2. The first-order valence-corrected chi connectivity index (χ1v) is 8.73. The fourth-order valence-corrected chi connectivity index (χ4v) is 3.11. The fraction of sp³-hybridized carbons (Fsp3) is 0.381. The molecule has 2 aromatic rings. The predicted octanol–water partition coefficient (Wildman–Crippen LogP) is 5.61. The Hall–Kier alpha value is -2.16. The second-order valence-corrected chi connectivity index (χ2v) is 6.86. The number of nitrogens with zero attached hydrogens (tertiary/aromatic N) is 2. The van der Waals surface area contributed by atoms with Crippen LogP contribution in [0.2, 0.25) is 0 Å². The molecule has 1 aliphatic heterocycles. The molecule has 0 unspecified atom stereocenters. The number of aliphatic imine (C=N–C) groups is 1. The summed E-state index contributed by atoms with van der Waals surface area (Å²) in [6, 6.07) is 11.8. The second kappa shape index (κ2) is 7.16. The first-order chi connectivity index (χ1) is 11.5. The van der Waals surface area contributed by atoms with E-state index in [9.17, 15) is 4.39 Å². The van der Waals surface area contributed by atoms with Crippen LogP contribution < -0.4 is 4.90 Å². The van der Waals surface area contributed by atoms with Crippen LogP contribution in [0.25, 0.3) is 0 Å². The Labute approximate surface area is 144 Å². The standard InChI is InChI=1S/C21H25FN2/c1-15(2)17-6-8-19(9-7-17)23-14-18-13-20(22)21(12-16(18)3)24-10-4-5-11-24/h6-9,12-15H,4-5,10-11H2,1-3H3. The maximum absolute atomic E-state index is 14.4. The highest BCUT2D eigenvalue weighted by atomic mass is 19.1. The lowest BCUT2D eigenvalue weighted by Crippen LogP contribution is -2.19. The van der Waals surface area contributed by atoms with Crippen molar-refractivity contribution in [3.8, 4) is 0 Å². The van der Waals surface area contributed by atoms with Crippen molar-refractivity contribution in [2.75, 3.05) is 18.0 Å². The summed E-state index contributed by atoms with van der Waals surface area (Å²) in [5.74, 6) is 0.358. The van der Waals surface area contributed by atoms with Gasteiger partial charge in [-0.05, 0) is 66.6 Å². The Morgan fingerprint density at radius 3 is 2.38 bits per heavy atom. The predicted molar refractivity (Wildman–Crippen MR) is 100 cm³/mol. The zero-order chi connectivity index (χ0) is 17.1. The Bertz CT molecular complexity index is 726. The number of halogens is 1. The SMILES string of the molecule is Cc1cc(N2CCCC2)c(F)cc1C=Nc1ccc(C(C)C)cc1. The van der Waals surface area contributed by atoms with Crippen molar-refractivity contribution in [2.45, 2.75) is 39.5 Å². The van der Waals surface area contributed by atoms with Crippen molar-refractivity contribution >= 4 is 17.6 Å². The molecule has 1 saturated heterocycles. The van der Waals surface area contributed by atoms with E-state index in [1.54, 1.807) is 12.3 Å². The number of benzene rings is 2. The van der Waals surface area contributed by atoms with Crippen molar-refractivity contribution < 1.29 is 4.39 Å². The van der Waals surface area contributed by atoms with Crippen LogP contribution in [0.5, 0.6) is 0 Å². The van der Waals surface area contributed by atoms with Crippen molar-refractivity contribution in [3.63, 3.8) is 0 Å². The van der Waals surface area contributed by atoms with Crippen LogP contribution >= 0.6 is 0 Å². The van der Waals surface area contributed by atoms with Crippen LogP contribution in [-0.2, 0) is 0 Å². The molecule has 0 saturated carbocycles. The normalized spacial score (nSPS) is 15.0. The van der Waals surface area contributed by atoms with E-state index in [-0.39, 0.29) is 5.82 Å². The number of anilines is 1. The first kappa shape index (κ1) is 16.7. The minimum absolute atomic E-state index is 0.154. The summed E-state index contributed by atoms with van der Waals surface area (Å²) in [7, 11) is 0. The van der Waals surface area contributed by atoms with Crippen molar-refractivity contribution in [1.82, 2.24) is 0 Å². The van der Waals surface area contributed by atoms with Crippen LogP contribution in [-0.4, -0.2) is 19.3 Å². The van der Waals surface area contributed by atoms with Gasteiger partial charge in [-0.15, -0.1) is 0 Å². The highest BCUT2D eigenvalue weighted by molar-refractivity contribution is 5.84. The molecular weight excluding hydrogens is 299 g/mol. The number of hydrogen-bond donors (Lipinski definition) is 0. The van der Waals surface area contributed by atoms with Gasteiger partial charge in [0.2, 0.25) is 0 Å². The molecule has 0 bridgehead atoms. The lowest BCUT2D eigenvalue weighted by atomic mass is 10.0. The molecule has 0 aliphatic carbocycles. The van der Waals surface area contributed by atoms with E-state index < -0.39 is 0 Å². The molecule has 0 N–H and O–H groups in total. The second-order valence-electron chi connectivity index (χ2n) is 6.86. The van der Waals surface area contributed by atoms with Gasteiger partial charge in [-0.2, -0.15) is 0 Å². The van der Waals surface area contributed by atoms with Gasteiger partial charge in [-0.1, -0.05) is 26.0 Å². The quantitative estimate of drug-likeness (QED) is 0.668.